The molecule has 0 aromatic heterocycles. The lowest BCUT2D eigenvalue weighted by atomic mass is 9.95. The first-order valence-corrected chi connectivity index (χ1v) is 5.98. The molecule has 0 radical (unpaired) electrons. The maximum Gasteiger partial charge on any atom is 0.139 e. The summed E-state index contributed by atoms with van der Waals surface area (Å²) in [5, 5.41) is 0. The minimum atomic E-state index is 0.137. The SMILES string of the molecule is Bc1ccc(COC(C)c2ccccc2)cc1. The second-order valence-corrected chi connectivity index (χ2v) is 4.35. The molecule has 0 aliphatic rings. The summed E-state index contributed by atoms with van der Waals surface area (Å²) < 4.78 is 5.85. The van der Waals surface area contributed by atoms with Crippen molar-refractivity contribution < 1.29 is 4.74 Å². The zero-order valence-electron chi connectivity index (χ0n) is 10.4. The van der Waals surface area contributed by atoms with Crippen LogP contribution in [-0.2, 0) is 11.3 Å². The van der Waals surface area contributed by atoms with Crippen LogP contribution in [0.25, 0.3) is 0 Å². The average Bonchev–Trinajstić information content (AvgIpc) is 2.39. The molecular formula is C15H17BO. The van der Waals surface area contributed by atoms with Gasteiger partial charge in [0.05, 0.1) is 12.7 Å². The highest BCUT2D eigenvalue weighted by molar-refractivity contribution is 6.32. The van der Waals surface area contributed by atoms with Gasteiger partial charge in [0, 0.05) is 0 Å². The number of ether oxygens (including phenoxy) is 1. The van der Waals surface area contributed by atoms with Gasteiger partial charge in [0.15, 0.2) is 0 Å². The lowest BCUT2D eigenvalue weighted by molar-refractivity contribution is 0.0526. The summed E-state index contributed by atoms with van der Waals surface area (Å²) in [4.78, 5) is 0. The molecule has 0 aliphatic carbocycles. The first-order valence-electron chi connectivity index (χ1n) is 5.98. The number of rotatable bonds is 4. The lowest BCUT2D eigenvalue weighted by Gasteiger charge is -2.13. The van der Waals surface area contributed by atoms with E-state index in [9.17, 15) is 0 Å². The van der Waals surface area contributed by atoms with Gasteiger partial charge >= 0.3 is 0 Å². The third-order valence-corrected chi connectivity index (χ3v) is 2.89. The minimum Gasteiger partial charge on any atom is -0.369 e. The van der Waals surface area contributed by atoms with Crippen LogP contribution in [0.3, 0.4) is 0 Å². The molecule has 0 bridgehead atoms. The number of benzene rings is 2. The van der Waals surface area contributed by atoms with Crippen LogP contribution in [0.15, 0.2) is 54.6 Å². The molecule has 2 heteroatoms. The Labute approximate surface area is 104 Å². The molecule has 1 atom stereocenters. The van der Waals surface area contributed by atoms with Crippen molar-refractivity contribution in [1.82, 2.24) is 0 Å². The Morgan fingerprint density at radius 3 is 2.29 bits per heavy atom. The molecule has 0 fully saturated rings. The first kappa shape index (κ1) is 11.9. The van der Waals surface area contributed by atoms with Gasteiger partial charge in [-0.15, -0.1) is 0 Å². The van der Waals surface area contributed by atoms with Crippen molar-refractivity contribution in [2.45, 2.75) is 19.6 Å². The maximum atomic E-state index is 5.85. The molecule has 2 aromatic rings. The van der Waals surface area contributed by atoms with E-state index in [1.165, 1.54) is 16.6 Å². The summed E-state index contributed by atoms with van der Waals surface area (Å²) in [6.45, 7) is 2.75. The molecule has 2 aromatic carbocycles. The quantitative estimate of drug-likeness (QED) is 0.723. The zero-order valence-corrected chi connectivity index (χ0v) is 10.4. The predicted molar refractivity (Wildman–Crippen MR) is 74.3 cm³/mol. The molecular weight excluding hydrogens is 207 g/mol. The van der Waals surface area contributed by atoms with Crippen LogP contribution in [-0.4, -0.2) is 7.85 Å². The largest absolute Gasteiger partial charge is 0.369 e. The van der Waals surface area contributed by atoms with Crippen molar-refractivity contribution in [2.24, 2.45) is 0 Å². The molecule has 1 unspecified atom stereocenters. The van der Waals surface area contributed by atoms with Gasteiger partial charge in [0.2, 0.25) is 0 Å². The van der Waals surface area contributed by atoms with Gasteiger partial charge in [-0.25, -0.2) is 0 Å². The normalized spacial score (nSPS) is 12.3. The fourth-order valence-electron chi connectivity index (χ4n) is 1.73. The van der Waals surface area contributed by atoms with Crippen molar-refractivity contribution in [1.29, 1.82) is 0 Å². The van der Waals surface area contributed by atoms with Crippen molar-refractivity contribution in [3.05, 3.63) is 65.7 Å². The highest BCUT2D eigenvalue weighted by Gasteiger charge is 2.04. The second-order valence-electron chi connectivity index (χ2n) is 4.35. The van der Waals surface area contributed by atoms with E-state index in [0.29, 0.717) is 6.61 Å². The summed E-state index contributed by atoms with van der Waals surface area (Å²) in [6.07, 6.45) is 0.137. The Kier molecular flexibility index (Phi) is 4.00. The summed E-state index contributed by atoms with van der Waals surface area (Å²) in [5.41, 5.74) is 3.72. The van der Waals surface area contributed by atoms with Crippen LogP contribution in [0.5, 0.6) is 0 Å². The van der Waals surface area contributed by atoms with Crippen molar-refractivity contribution in [2.75, 3.05) is 0 Å². The van der Waals surface area contributed by atoms with E-state index in [-0.39, 0.29) is 6.10 Å². The van der Waals surface area contributed by atoms with Crippen molar-refractivity contribution in [3.8, 4) is 0 Å². The molecule has 1 nitrogen and oxygen atoms in total. The standard InChI is InChI=1S/C15H17BO/c1-12(14-5-3-2-4-6-14)17-11-13-7-9-15(16)10-8-13/h2-10,12H,11,16H2,1H3. The van der Waals surface area contributed by atoms with Gasteiger partial charge in [-0.1, -0.05) is 60.1 Å². The van der Waals surface area contributed by atoms with Gasteiger partial charge in [-0.3, -0.25) is 0 Å². The summed E-state index contributed by atoms with van der Waals surface area (Å²) in [5.74, 6) is 0. The molecule has 17 heavy (non-hydrogen) atoms. The molecule has 0 amide bonds. The summed E-state index contributed by atoms with van der Waals surface area (Å²) in [6, 6.07) is 18.8. The molecule has 2 rings (SSSR count). The molecule has 86 valence electrons. The van der Waals surface area contributed by atoms with E-state index in [0.717, 1.165) is 0 Å². The molecule has 0 saturated carbocycles. The van der Waals surface area contributed by atoms with Crippen LogP contribution < -0.4 is 5.46 Å². The van der Waals surface area contributed by atoms with E-state index in [1.807, 2.05) is 18.2 Å². The molecule has 0 heterocycles. The monoisotopic (exact) mass is 224 g/mol. The summed E-state index contributed by atoms with van der Waals surface area (Å²) in [7, 11) is 2.09. The number of hydrogen-bond acceptors (Lipinski definition) is 1. The fourth-order valence-corrected chi connectivity index (χ4v) is 1.73. The molecule has 0 aliphatic heterocycles. The highest BCUT2D eigenvalue weighted by atomic mass is 16.5. The van der Waals surface area contributed by atoms with E-state index in [4.69, 9.17) is 4.74 Å². The average molecular weight is 224 g/mol. The topological polar surface area (TPSA) is 9.23 Å². The van der Waals surface area contributed by atoms with Gasteiger partial charge in [0.1, 0.15) is 7.85 Å². The van der Waals surface area contributed by atoms with Crippen molar-refractivity contribution in [3.63, 3.8) is 0 Å². The Hall–Kier alpha value is -1.54. The fraction of sp³-hybridized carbons (Fsp3) is 0.200. The van der Waals surface area contributed by atoms with Gasteiger partial charge < -0.3 is 4.74 Å². The van der Waals surface area contributed by atoms with Crippen LogP contribution in [0.4, 0.5) is 0 Å². The Bertz CT molecular complexity index is 450. The van der Waals surface area contributed by atoms with Crippen LogP contribution in [0.2, 0.25) is 0 Å². The zero-order chi connectivity index (χ0) is 12.1. The van der Waals surface area contributed by atoms with Gasteiger partial charge in [0.25, 0.3) is 0 Å². The van der Waals surface area contributed by atoms with Crippen molar-refractivity contribution >= 4 is 13.3 Å². The van der Waals surface area contributed by atoms with Crippen LogP contribution in [0.1, 0.15) is 24.2 Å². The van der Waals surface area contributed by atoms with E-state index >= 15 is 0 Å². The van der Waals surface area contributed by atoms with Gasteiger partial charge in [-0.05, 0) is 18.1 Å². The third kappa shape index (κ3) is 3.47. The summed E-state index contributed by atoms with van der Waals surface area (Å²) >= 11 is 0. The predicted octanol–water partition coefficient (Wildman–Crippen LogP) is 2.22. The van der Waals surface area contributed by atoms with E-state index in [2.05, 4.69) is 51.2 Å². The highest BCUT2D eigenvalue weighted by Crippen LogP contribution is 2.17. The Morgan fingerprint density at radius 1 is 1.00 bits per heavy atom. The van der Waals surface area contributed by atoms with Gasteiger partial charge in [-0.2, -0.15) is 0 Å². The Morgan fingerprint density at radius 2 is 1.65 bits per heavy atom. The maximum absolute atomic E-state index is 5.85. The first-order chi connectivity index (χ1) is 8.25. The lowest BCUT2D eigenvalue weighted by Crippen LogP contribution is -2.03. The number of hydrogen-bond donors (Lipinski definition) is 0. The van der Waals surface area contributed by atoms with Crippen LogP contribution in [0, 0.1) is 0 Å². The third-order valence-electron chi connectivity index (χ3n) is 2.89. The van der Waals surface area contributed by atoms with E-state index in [1.54, 1.807) is 0 Å². The second kappa shape index (κ2) is 5.69. The Balaban J connectivity index is 1.92. The van der Waals surface area contributed by atoms with Crippen LogP contribution >= 0.6 is 0 Å². The smallest absolute Gasteiger partial charge is 0.139 e. The molecule has 0 spiro atoms. The molecule has 0 saturated heterocycles. The minimum absolute atomic E-state index is 0.137. The molecule has 0 N–H and O–H groups in total. The van der Waals surface area contributed by atoms with E-state index < -0.39 is 0 Å².